The molecule has 0 aliphatic heterocycles. The normalized spacial score (nSPS) is 20.3. The minimum atomic E-state index is 0.589. The van der Waals surface area contributed by atoms with Crippen LogP contribution in [0.25, 0.3) is 109 Å². The van der Waals surface area contributed by atoms with Crippen molar-refractivity contribution in [3.8, 4) is 56.4 Å². The first-order valence-corrected chi connectivity index (χ1v) is 23.8. The van der Waals surface area contributed by atoms with E-state index >= 15 is 0 Å². The Labute approximate surface area is 375 Å². The number of thiophene rings is 1. The van der Waals surface area contributed by atoms with E-state index < -0.39 is 0 Å². The van der Waals surface area contributed by atoms with Crippen molar-refractivity contribution < 1.29 is 4.42 Å². The Balaban J connectivity index is 0.871. The molecule has 4 aliphatic carbocycles. The van der Waals surface area contributed by atoms with Gasteiger partial charge in [-0.05, 0) is 131 Å². The maximum Gasteiger partial charge on any atom is 0.167 e. The molecule has 306 valence electrons. The summed E-state index contributed by atoms with van der Waals surface area (Å²) in [4.78, 5) is 15.8. The molecular formula is C59H43N3OS. The maximum absolute atomic E-state index is 6.55. The van der Waals surface area contributed by atoms with E-state index in [0.717, 1.165) is 73.8 Å². The molecule has 0 radical (unpaired) electrons. The third-order valence-corrected chi connectivity index (χ3v) is 16.2. The smallest absolute Gasteiger partial charge is 0.167 e. The van der Waals surface area contributed by atoms with Crippen LogP contribution in [-0.4, -0.2) is 15.0 Å². The molecule has 3 heterocycles. The first-order valence-electron chi connectivity index (χ1n) is 23.0. The van der Waals surface area contributed by atoms with Crippen LogP contribution in [0.1, 0.15) is 43.6 Å². The van der Waals surface area contributed by atoms with E-state index in [1.165, 1.54) is 79.7 Å². The van der Waals surface area contributed by atoms with Gasteiger partial charge < -0.3 is 4.42 Å². The van der Waals surface area contributed by atoms with Crippen molar-refractivity contribution in [2.45, 2.75) is 38.0 Å². The highest BCUT2D eigenvalue weighted by atomic mass is 32.1. The van der Waals surface area contributed by atoms with Gasteiger partial charge in [-0.25, -0.2) is 15.0 Å². The molecule has 0 spiro atoms. The molecule has 0 unspecified atom stereocenters. The summed E-state index contributed by atoms with van der Waals surface area (Å²) in [5, 5.41) is 7.13. The fourth-order valence-electron chi connectivity index (χ4n) is 12.4. The van der Waals surface area contributed by atoms with E-state index in [0.29, 0.717) is 17.5 Å². The summed E-state index contributed by atoms with van der Waals surface area (Å²) in [5.41, 5.74) is 10.8. The lowest BCUT2D eigenvalue weighted by Gasteiger charge is -2.54. The molecule has 5 heteroatoms. The summed E-state index contributed by atoms with van der Waals surface area (Å²) in [6.45, 7) is 0. The van der Waals surface area contributed by atoms with Crippen LogP contribution in [0.5, 0.6) is 0 Å². The molecule has 4 saturated carbocycles. The Morgan fingerprint density at radius 3 is 1.78 bits per heavy atom. The lowest BCUT2D eigenvalue weighted by atomic mass is 9.51. The van der Waals surface area contributed by atoms with E-state index in [1.807, 2.05) is 23.5 Å². The van der Waals surface area contributed by atoms with Crippen molar-refractivity contribution in [3.05, 3.63) is 175 Å². The van der Waals surface area contributed by atoms with Gasteiger partial charge in [0.15, 0.2) is 17.5 Å². The minimum absolute atomic E-state index is 0.589. The average Bonchev–Trinajstić information content (AvgIpc) is 3.91. The number of hydrogen-bond acceptors (Lipinski definition) is 5. The molecule has 0 atom stereocenters. The zero-order valence-electron chi connectivity index (χ0n) is 35.2. The summed E-state index contributed by atoms with van der Waals surface area (Å²) < 4.78 is 9.01. The second-order valence-corrected chi connectivity index (χ2v) is 19.9. The number of rotatable bonds is 6. The lowest BCUT2D eigenvalue weighted by molar-refractivity contribution is -0.00277. The Kier molecular flexibility index (Phi) is 8.15. The van der Waals surface area contributed by atoms with E-state index in [-0.39, 0.29) is 0 Å². The first-order chi connectivity index (χ1) is 31.6. The van der Waals surface area contributed by atoms with Gasteiger partial charge in [0.2, 0.25) is 0 Å². The molecule has 0 N–H and O–H groups in total. The molecule has 0 saturated heterocycles. The second kappa shape index (κ2) is 14.3. The average molecular weight is 842 g/mol. The van der Waals surface area contributed by atoms with Gasteiger partial charge in [0.05, 0.1) is 5.56 Å². The molecular weight excluding hydrogens is 799 g/mol. The summed E-state index contributed by atoms with van der Waals surface area (Å²) in [7, 11) is 0. The number of fused-ring (bicyclic) bond motifs is 7. The second-order valence-electron chi connectivity index (χ2n) is 18.8. The van der Waals surface area contributed by atoms with Gasteiger partial charge in [-0.2, -0.15) is 0 Å². The van der Waals surface area contributed by atoms with Crippen LogP contribution < -0.4 is 0 Å². The summed E-state index contributed by atoms with van der Waals surface area (Å²) in [5.74, 6) is 6.30. The molecule has 8 aromatic carbocycles. The van der Waals surface area contributed by atoms with Crippen LogP contribution in [0.4, 0.5) is 0 Å². The molecule has 11 aromatic rings. The predicted octanol–water partition coefficient (Wildman–Crippen LogP) is 16.2. The summed E-state index contributed by atoms with van der Waals surface area (Å²) in [6, 6.07) is 61.5. The number of hydrogen-bond donors (Lipinski definition) is 0. The standard InChI is InChI=1S/C59H43N3OS/c1-2-12-45-37(8-1)9-6-14-46(45)40-22-24-48-49-25-23-42(33-54(49)64-53(48)32-40)58-60-57(61-59(62-58)51-16-7-15-50-47-13-3-4-17-52(47)63-56(50)51)41-11-5-10-39(31-41)36-18-20-38(21-19-36)55-43-27-34-26-35(29-43)30-44(55)28-34/h1-25,31-35,43-44,55H,26-30H2. The Morgan fingerprint density at radius 2 is 0.984 bits per heavy atom. The molecule has 4 aliphatic rings. The quantitative estimate of drug-likeness (QED) is 0.167. The van der Waals surface area contributed by atoms with Crippen molar-refractivity contribution >= 4 is 64.2 Å². The molecule has 4 bridgehead atoms. The van der Waals surface area contributed by atoms with E-state index in [1.54, 1.807) is 5.56 Å². The number of aromatic nitrogens is 3. The molecule has 15 rings (SSSR count). The zero-order chi connectivity index (χ0) is 41.9. The number of furan rings is 1. The van der Waals surface area contributed by atoms with Crippen molar-refractivity contribution in [2.24, 2.45) is 23.7 Å². The first kappa shape index (κ1) is 36.5. The number of para-hydroxylation sites is 2. The van der Waals surface area contributed by atoms with Gasteiger partial charge in [-0.1, -0.05) is 140 Å². The third-order valence-electron chi connectivity index (χ3n) is 15.1. The molecule has 0 amide bonds. The Bertz CT molecular complexity index is 3620. The Morgan fingerprint density at radius 1 is 0.406 bits per heavy atom. The third kappa shape index (κ3) is 5.90. The number of nitrogens with zero attached hydrogens (tertiary/aromatic N) is 3. The monoisotopic (exact) mass is 841 g/mol. The van der Waals surface area contributed by atoms with Gasteiger partial charge in [0.1, 0.15) is 11.2 Å². The van der Waals surface area contributed by atoms with E-state index in [2.05, 4.69) is 158 Å². The van der Waals surface area contributed by atoms with Gasteiger partial charge >= 0.3 is 0 Å². The lowest BCUT2D eigenvalue weighted by Crippen LogP contribution is -2.43. The van der Waals surface area contributed by atoms with E-state index in [4.69, 9.17) is 19.4 Å². The van der Waals surface area contributed by atoms with Gasteiger partial charge in [-0.3, -0.25) is 0 Å². The van der Waals surface area contributed by atoms with E-state index in [9.17, 15) is 0 Å². The Hall–Kier alpha value is -6.95. The highest BCUT2D eigenvalue weighted by molar-refractivity contribution is 7.25. The van der Waals surface area contributed by atoms with Crippen LogP contribution in [0.2, 0.25) is 0 Å². The van der Waals surface area contributed by atoms with Crippen molar-refractivity contribution in [2.75, 3.05) is 0 Å². The fourth-order valence-corrected chi connectivity index (χ4v) is 13.6. The van der Waals surface area contributed by atoms with Crippen molar-refractivity contribution in [1.29, 1.82) is 0 Å². The summed E-state index contributed by atoms with van der Waals surface area (Å²) in [6.07, 6.45) is 7.24. The topological polar surface area (TPSA) is 51.8 Å². The molecule has 4 fully saturated rings. The highest BCUT2D eigenvalue weighted by Gasteiger charge is 2.48. The van der Waals surface area contributed by atoms with Gasteiger partial charge in [-0.15, -0.1) is 11.3 Å². The molecule has 3 aromatic heterocycles. The molecule has 64 heavy (non-hydrogen) atoms. The van der Waals surface area contributed by atoms with Crippen LogP contribution in [0, 0.1) is 23.7 Å². The highest BCUT2D eigenvalue weighted by Crippen LogP contribution is 2.60. The minimum Gasteiger partial charge on any atom is -0.455 e. The van der Waals surface area contributed by atoms with Crippen LogP contribution in [-0.2, 0) is 0 Å². The van der Waals surface area contributed by atoms with Crippen molar-refractivity contribution in [3.63, 3.8) is 0 Å². The van der Waals surface area contributed by atoms with Crippen molar-refractivity contribution in [1.82, 2.24) is 15.0 Å². The SMILES string of the molecule is c1cc(-c2ccc(C3C4CC5CC(C4)CC3C5)cc2)cc(-c2nc(-c3ccc4c(c3)sc3cc(-c5cccc6ccccc56)ccc34)nc(-c3cccc4c3oc3ccccc34)n2)c1. The largest absolute Gasteiger partial charge is 0.455 e. The number of benzene rings is 8. The fraction of sp³-hybridized carbons (Fsp3) is 0.169. The van der Waals surface area contributed by atoms with Crippen LogP contribution in [0.3, 0.4) is 0 Å². The van der Waals surface area contributed by atoms with Crippen LogP contribution >= 0.6 is 11.3 Å². The maximum atomic E-state index is 6.55. The van der Waals surface area contributed by atoms with Gasteiger partial charge in [0, 0.05) is 42.1 Å². The predicted molar refractivity (Wildman–Crippen MR) is 264 cm³/mol. The van der Waals surface area contributed by atoms with Crippen LogP contribution in [0.15, 0.2) is 174 Å². The molecule has 4 nitrogen and oxygen atoms in total. The van der Waals surface area contributed by atoms with Gasteiger partial charge in [0.25, 0.3) is 0 Å². The zero-order valence-corrected chi connectivity index (χ0v) is 36.1. The summed E-state index contributed by atoms with van der Waals surface area (Å²) >= 11 is 1.82.